The number of alkyl halides is 1. The Balaban J connectivity index is 3.70. The van der Waals surface area contributed by atoms with Crippen LogP contribution >= 0.6 is 0 Å². The van der Waals surface area contributed by atoms with Crippen molar-refractivity contribution in [2.45, 2.75) is 6.92 Å². The lowest BCUT2D eigenvalue weighted by Crippen LogP contribution is -2.09. The molecule has 0 aliphatic heterocycles. The molecule has 8 heavy (non-hydrogen) atoms. The second-order valence-electron chi connectivity index (χ2n) is 1.33. The van der Waals surface area contributed by atoms with Crippen molar-refractivity contribution >= 4 is 11.7 Å². The Morgan fingerprint density at radius 1 is 1.88 bits per heavy atom. The lowest BCUT2D eigenvalue weighted by molar-refractivity contribution is 0.577. The molecule has 0 heterocycles. The van der Waals surface area contributed by atoms with Crippen molar-refractivity contribution in [3.63, 3.8) is 0 Å². The van der Waals surface area contributed by atoms with E-state index in [4.69, 9.17) is 11.1 Å². The maximum Gasteiger partial charge on any atom is 0.154 e. The highest BCUT2D eigenvalue weighted by Gasteiger charge is 1.87. The van der Waals surface area contributed by atoms with Crippen molar-refractivity contribution in [1.29, 1.82) is 5.41 Å². The minimum absolute atomic E-state index is 0.215. The zero-order chi connectivity index (χ0) is 6.57. The summed E-state index contributed by atoms with van der Waals surface area (Å²) in [6.45, 7) is 0.652. The third-order valence-electron chi connectivity index (χ3n) is 0.438. The maximum absolute atomic E-state index is 11.4. The van der Waals surface area contributed by atoms with Crippen molar-refractivity contribution in [1.82, 2.24) is 0 Å². The summed E-state index contributed by atoms with van der Waals surface area (Å²) in [6.07, 6.45) is 0. The lowest BCUT2D eigenvalue weighted by atomic mass is 10.6. The molecule has 0 aromatic rings. The van der Waals surface area contributed by atoms with Gasteiger partial charge in [0.05, 0.1) is 5.84 Å². The van der Waals surface area contributed by atoms with Gasteiger partial charge in [0.1, 0.15) is 6.67 Å². The Kier molecular flexibility index (Phi) is 2.76. The molecule has 0 aliphatic carbocycles. The third-order valence-corrected chi connectivity index (χ3v) is 0.438. The lowest BCUT2D eigenvalue weighted by Gasteiger charge is -1.87. The Morgan fingerprint density at radius 3 is 2.50 bits per heavy atom. The van der Waals surface area contributed by atoms with Crippen LogP contribution in [0.3, 0.4) is 0 Å². The van der Waals surface area contributed by atoms with E-state index in [2.05, 4.69) is 4.99 Å². The van der Waals surface area contributed by atoms with Crippen molar-refractivity contribution < 1.29 is 4.39 Å². The summed E-state index contributed by atoms with van der Waals surface area (Å²) in [5, 5.41) is 6.63. The van der Waals surface area contributed by atoms with Gasteiger partial charge in [-0.15, -0.1) is 0 Å². The van der Waals surface area contributed by atoms with E-state index < -0.39 is 6.67 Å². The van der Waals surface area contributed by atoms with Gasteiger partial charge in [-0.2, -0.15) is 0 Å². The Hall–Kier alpha value is -0.930. The number of hydrogen-bond donors (Lipinski definition) is 2. The highest BCUT2D eigenvalue weighted by molar-refractivity contribution is 5.94. The zero-order valence-corrected chi connectivity index (χ0v) is 4.61. The fourth-order valence-electron chi connectivity index (χ4n) is 0.243. The summed E-state index contributed by atoms with van der Waals surface area (Å²) in [5.41, 5.74) is 5.01. The van der Waals surface area contributed by atoms with Crippen LogP contribution in [0, 0.1) is 5.41 Å². The average Bonchev–Trinajstić information content (AvgIpc) is 1.65. The second-order valence-corrected chi connectivity index (χ2v) is 1.33. The molecule has 3 N–H and O–H groups in total. The van der Waals surface area contributed by atoms with Gasteiger partial charge in [0.2, 0.25) is 0 Å². The van der Waals surface area contributed by atoms with Crippen LogP contribution in [0.15, 0.2) is 4.99 Å². The number of aliphatic imine (C=N–C) groups is 1. The molecule has 46 valence electrons. The van der Waals surface area contributed by atoms with Crippen LogP contribution in [0.1, 0.15) is 6.92 Å². The molecular weight excluding hydrogens is 109 g/mol. The van der Waals surface area contributed by atoms with Crippen LogP contribution in [0.25, 0.3) is 0 Å². The molecule has 0 radical (unpaired) electrons. The molecule has 0 rings (SSSR count). The quantitative estimate of drug-likeness (QED) is 0.377. The van der Waals surface area contributed by atoms with Crippen LogP contribution in [0.5, 0.6) is 0 Å². The number of nitrogens with one attached hydrogen (secondary N) is 1. The van der Waals surface area contributed by atoms with E-state index in [0.717, 1.165) is 0 Å². The van der Waals surface area contributed by atoms with Gasteiger partial charge in [-0.05, 0) is 6.92 Å². The Bertz CT molecular complexity index is 114. The molecule has 0 fully saturated rings. The monoisotopic (exact) mass is 117 g/mol. The topological polar surface area (TPSA) is 62.2 Å². The van der Waals surface area contributed by atoms with Crippen molar-refractivity contribution in [2.24, 2.45) is 10.7 Å². The summed E-state index contributed by atoms with van der Waals surface area (Å²) >= 11 is 0. The Labute approximate surface area is 46.9 Å². The molecule has 0 amide bonds. The molecule has 0 spiro atoms. The maximum atomic E-state index is 11.4. The number of nitrogens with zero attached hydrogens (tertiary/aromatic N) is 1. The number of halogens is 1. The first kappa shape index (κ1) is 7.07. The predicted molar refractivity (Wildman–Crippen MR) is 31.0 cm³/mol. The SMILES string of the molecule is CC(N)=NC(=N)CF. The number of rotatable bonds is 1. The largest absolute Gasteiger partial charge is 0.387 e. The number of amidine groups is 2. The molecule has 0 atom stereocenters. The van der Waals surface area contributed by atoms with E-state index in [9.17, 15) is 4.39 Å². The molecule has 0 saturated carbocycles. The van der Waals surface area contributed by atoms with E-state index in [1.165, 1.54) is 6.92 Å². The van der Waals surface area contributed by atoms with Crippen LogP contribution in [-0.4, -0.2) is 18.3 Å². The van der Waals surface area contributed by atoms with E-state index in [0.29, 0.717) is 0 Å². The first-order valence-electron chi connectivity index (χ1n) is 2.11. The summed E-state index contributed by atoms with van der Waals surface area (Å²) in [4.78, 5) is 3.30. The number of hydrogen-bond acceptors (Lipinski definition) is 1. The fraction of sp³-hybridized carbons (Fsp3) is 0.500. The minimum Gasteiger partial charge on any atom is -0.387 e. The van der Waals surface area contributed by atoms with Gasteiger partial charge in [-0.3, -0.25) is 5.41 Å². The molecule has 0 aromatic carbocycles. The van der Waals surface area contributed by atoms with E-state index in [1.807, 2.05) is 0 Å². The predicted octanol–water partition coefficient (Wildman–Crippen LogP) is 0.310. The Morgan fingerprint density at radius 2 is 2.38 bits per heavy atom. The molecule has 0 unspecified atom stereocenters. The normalized spacial score (nSPS) is 11.5. The standard InChI is InChI=1S/C4H8FN3/c1-3(6)8-4(7)2-5/h2H2,1H3,(H3,6,7,8). The molecule has 0 aliphatic rings. The van der Waals surface area contributed by atoms with Gasteiger partial charge >= 0.3 is 0 Å². The zero-order valence-electron chi connectivity index (χ0n) is 4.61. The molecule has 0 saturated heterocycles. The van der Waals surface area contributed by atoms with Crippen LogP contribution in [-0.2, 0) is 0 Å². The summed E-state index contributed by atoms with van der Waals surface area (Å²) in [6, 6.07) is 0. The molecular formula is C4H8FN3. The molecule has 4 heteroatoms. The van der Waals surface area contributed by atoms with Gasteiger partial charge in [0.25, 0.3) is 0 Å². The summed E-state index contributed by atoms with van der Waals surface area (Å²) < 4.78 is 11.4. The van der Waals surface area contributed by atoms with E-state index >= 15 is 0 Å². The molecule has 0 aromatic heterocycles. The highest BCUT2D eigenvalue weighted by Crippen LogP contribution is 1.76. The van der Waals surface area contributed by atoms with Crippen LogP contribution in [0.2, 0.25) is 0 Å². The first-order valence-corrected chi connectivity index (χ1v) is 2.11. The molecule has 3 nitrogen and oxygen atoms in total. The smallest absolute Gasteiger partial charge is 0.154 e. The van der Waals surface area contributed by atoms with Gasteiger partial charge in [-0.1, -0.05) is 0 Å². The summed E-state index contributed by atoms with van der Waals surface area (Å²) in [7, 11) is 0. The van der Waals surface area contributed by atoms with Crippen molar-refractivity contribution in [2.75, 3.05) is 6.67 Å². The number of nitrogens with two attached hydrogens (primary N) is 1. The van der Waals surface area contributed by atoms with Crippen molar-refractivity contribution in [3.8, 4) is 0 Å². The van der Waals surface area contributed by atoms with Gasteiger partial charge in [0.15, 0.2) is 5.84 Å². The first-order chi connectivity index (χ1) is 3.66. The fourth-order valence-corrected chi connectivity index (χ4v) is 0.243. The van der Waals surface area contributed by atoms with Crippen LogP contribution in [0.4, 0.5) is 4.39 Å². The van der Waals surface area contributed by atoms with E-state index in [1.54, 1.807) is 0 Å². The van der Waals surface area contributed by atoms with Crippen molar-refractivity contribution in [3.05, 3.63) is 0 Å². The van der Waals surface area contributed by atoms with Gasteiger partial charge in [0, 0.05) is 0 Å². The van der Waals surface area contributed by atoms with Gasteiger partial charge < -0.3 is 5.73 Å². The highest BCUT2D eigenvalue weighted by atomic mass is 19.1. The van der Waals surface area contributed by atoms with E-state index in [-0.39, 0.29) is 11.7 Å². The third kappa shape index (κ3) is 3.27. The minimum atomic E-state index is -0.853. The van der Waals surface area contributed by atoms with Gasteiger partial charge in [-0.25, -0.2) is 9.38 Å². The van der Waals surface area contributed by atoms with Crippen LogP contribution < -0.4 is 5.73 Å². The second kappa shape index (κ2) is 3.12. The molecule has 0 bridgehead atoms. The average molecular weight is 117 g/mol. The summed E-state index contributed by atoms with van der Waals surface area (Å²) in [5.74, 6) is -0.113.